The van der Waals surface area contributed by atoms with Crippen LogP contribution in [0.1, 0.15) is 13.8 Å². The predicted molar refractivity (Wildman–Crippen MR) is 81.2 cm³/mol. The molecule has 0 aromatic heterocycles. The third-order valence-electron chi connectivity index (χ3n) is 2.96. The normalized spacial score (nSPS) is 20.4. The van der Waals surface area contributed by atoms with Crippen molar-refractivity contribution >= 4 is 39.1 Å². The van der Waals surface area contributed by atoms with Crippen molar-refractivity contribution in [2.75, 3.05) is 24.6 Å². The van der Waals surface area contributed by atoms with Crippen molar-refractivity contribution in [2.45, 2.75) is 23.5 Å². The Morgan fingerprint density at radius 1 is 1.42 bits per heavy atom. The molecule has 0 amide bonds. The number of sulfonamides is 1. The molecular weight excluding hydrogens is 304 g/mol. The fourth-order valence-electron chi connectivity index (χ4n) is 2.04. The van der Waals surface area contributed by atoms with E-state index in [1.165, 1.54) is 16.4 Å². The fraction of sp³-hybridized carbons (Fsp3) is 0.500. The number of rotatable bonds is 2. The number of anilines is 1. The fourth-order valence-corrected chi connectivity index (χ4v) is 5.46. The van der Waals surface area contributed by atoms with Crippen LogP contribution in [-0.2, 0) is 10.0 Å². The van der Waals surface area contributed by atoms with E-state index >= 15 is 0 Å². The maximum atomic E-state index is 12.6. The van der Waals surface area contributed by atoms with Gasteiger partial charge in [-0.25, -0.2) is 8.42 Å². The van der Waals surface area contributed by atoms with Gasteiger partial charge in [0.2, 0.25) is 10.0 Å². The number of nitrogens with zero attached hydrogens (tertiary/aromatic N) is 1. The number of nitrogens with two attached hydrogens (primary N) is 1. The van der Waals surface area contributed by atoms with Crippen molar-refractivity contribution in [2.24, 2.45) is 0 Å². The topological polar surface area (TPSA) is 63.4 Å². The van der Waals surface area contributed by atoms with Gasteiger partial charge in [-0.05, 0) is 32.0 Å². The van der Waals surface area contributed by atoms with Gasteiger partial charge in [0.05, 0.1) is 5.02 Å². The van der Waals surface area contributed by atoms with Gasteiger partial charge in [-0.1, -0.05) is 11.6 Å². The average molecular weight is 321 g/mol. The van der Waals surface area contributed by atoms with E-state index in [4.69, 9.17) is 17.3 Å². The minimum Gasteiger partial charge on any atom is -0.399 e. The summed E-state index contributed by atoms with van der Waals surface area (Å²) in [6.07, 6.45) is 0. The molecule has 0 saturated carbocycles. The molecule has 7 heteroatoms. The number of halogens is 1. The maximum Gasteiger partial charge on any atom is 0.244 e. The minimum atomic E-state index is -3.58. The standard InChI is InChI=1S/C12H17ClN2O2S2/c1-12(2)8-15(5-6-18-12)19(16,17)11-7-9(14)3-4-10(11)13/h3-4,7H,5-6,8,14H2,1-2H3. The van der Waals surface area contributed by atoms with Gasteiger partial charge < -0.3 is 5.73 Å². The lowest BCUT2D eigenvalue weighted by molar-refractivity contribution is 0.387. The van der Waals surface area contributed by atoms with E-state index in [9.17, 15) is 8.42 Å². The first-order valence-corrected chi connectivity index (χ1v) is 8.72. The summed E-state index contributed by atoms with van der Waals surface area (Å²) in [5.74, 6) is 0.784. The lowest BCUT2D eigenvalue weighted by Gasteiger charge is -2.36. The highest BCUT2D eigenvalue weighted by atomic mass is 35.5. The molecule has 0 aliphatic carbocycles. The molecule has 1 aromatic carbocycles. The van der Waals surface area contributed by atoms with Gasteiger partial charge in [0, 0.05) is 29.3 Å². The smallest absolute Gasteiger partial charge is 0.244 e. The second-order valence-corrected chi connectivity index (χ2v) is 9.25. The molecule has 2 rings (SSSR count). The highest BCUT2D eigenvalue weighted by Crippen LogP contribution is 2.34. The molecule has 0 unspecified atom stereocenters. The molecule has 0 radical (unpaired) electrons. The number of benzene rings is 1. The summed E-state index contributed by atoms with van der Waals surface area (Å²) in [5.41, 5.74) is 6.06. The first-order chi connectivity index (χ1) is 8.72. The Balaban J connectivity index is 2.39. The summed E-state index contributed by atoms with van der Waals surface area (Å²) in [5, 5.41) is 0.213. The van der Waals surface area contributed by atoms with Gasteiger partial charge >= 0.3 is 0 Å². The van der Waals surface area contributed by atoms with E-state index in [1.807, 2.05) is 13.8 Å². The molecule has 2 N–H and O–H groups in total. The molecule has 1 fully saturated rings. The lowest BCUT2D eigenvalue weighted by atomic mass is 10.2. The van der Waals surface area contributed by atoms with Crippen molar-refractivity contribution < 1.29 is 8.42 Å². The molecule has 106 valence electrons. The van der Waals surface area contributed by atoms with Gasteiger partial charge in [0.25, 0.3) is 0 Å². The Kier molecular flexibility index (Phi) is 4.07. The molecule has 0 atom stereocenters. The van der Waals surface area contributed by atoms with Crippen LogP contribution in [0.3, 0.4) is 0 Å². The highest BCUT2D eigenvalue weighted by molar-refractivity contribution is 8.00. The summed E-state index contributed by atoms with van der Waals surface area (Å²) in [4.78, 5) is 0.0943. The number of hydrogen-bond donors (Lipinski definition) is 1. The lowest BCUT2D eigenvalue weighted by Crippen LogP contribution is -2.46. The van der Waals surface area contributed by atoms with Crippen molar-refractivity contribution in [3.63, 3.8) is 0 Å². The summed E-state index contributed by atoms with van der Waals surface area (Å²) >= 11 is 7.78. The molecule has 1 aromatic rings. The number of hydrogen-bond acceptors (Lipinski definition) is 4. The maximum absolute atomic E-state index is 12.6. The SMILES string of the molecule is CC1(C)CN(S(=O)(=O)c2cc(N)ccc2Cl)CCS1. The van der Waals surface area contributed by atoms with Crippen LogP contribution >= 0.6 is 23.4 Å². The van der Waals surface area contributed by atoms with Crippen LogP contribution < -0.4 is 5.73 Å². The third kappa shape index (κ3) is 3.18. The molecule has 1 heterocycles. The second-order valence-electron chi connectivity index (χ2n) is 5.14. The Morgan fingerprint density at radius 2 is 2.11 bits per heavy atom. The minimum absolute atomic E-state index is 0.0852. The van der Waals surface area contributed by atoms with Crippen molar-refractivity contribution in [3.05, 3.63) is 23.2 Å². The highest BCUT2D eigenvalue weighted by Gasteiger charge is 2.35. The van der Waals surface area contributed by atoms with Crippen LogP contribution in [0.4, 0.5) is 5.69 Å². The summed E-state index contributed by atoms with van der Waals surface area (Å²) < 4.78 is 26.7. The summed E-state index contributed by atoms with van der Waals surface area (Å²) in [7, 11) is -3.58. The van der Waals surface area contributed by atoms with Crippen LogP contribution in [-0.4, -0.2) is 36.3 Å². The van der Waals surface area contributed by atoms with Crippen LogP contribution in [0.25, 0.3) is 0 Å². The molecule has 0 spiro atoms. The van der Waals surface area contributed by atoms with Gasteiger partial charge in [0.15, 0.2) is 0 Å². The van der Waals surface area contributed by atoms with Crippen LogP contribution in [0.5, 0.6) is 0 Å². The summed E-state index contributed by atoms with van der Waals surface area (Å²) in [6, 6.07) is 4.54. The zero-order chi connectivity index (χ0) is 14.3. The van der Waals surface area contributed by atoms with Crippen molar-refractivity contribution in [1.82, 2.24) is 4.31 Å². The number of nitrogen functional groups attached to an aromatic ring is 1. The van der Waals surface area contributed by atoms with Gasteiger partial charge in [-0.15, -0.1) is 0 Å². The van der Waals surface area contributed by atoms with E-state index in [2.05, 4.69) is 0 Å². The molecule has 0 bridgehead atoms. The average Bonchev–Trinajstić information content (AvgIpc) is 2.31. The second kappa shape index (κ2) is 5.16. The van der Waals surface area contributed by atoms with E-state index in [-0.39, 0.29) is 14.7 Å². The molecule has 1 aliphatic rings. The van der Waals surface area contributed by atoms with Crippen molar-refractivity contribution in [1.29, 1.82) is 0 Å². The van der Waals surface area contributed by atoms with Gasteiger partial charge in [-0.2, -0.15) is 16.1 Å². The van der Waals surface area contributed by atoms with E-state index < -0.39 is 10.0 Å². The largest absolute Gasteiger partial charge is 0.399 e. The first-order valence-electron chi connectivity index (χ1n) is 5.91. The van der Waals surface area contributed by atoms with E-state index in [0.29, 0.717) is 18.8 Å². The molecule has 1 aliphatic heterocycles. The van der Waals surface area contributed by atoms with Crippen molar-refractivity contribution in [3.8, 4) is 0 Å². The Bertz CT molecular complexity index is 587. The van der Waals surface area contributed by atoms with Crippen LogP contribution in [0, 0.1) is 0 Å². The Morgan fingerprint density at radius 3 is 2.74 bits per heavy atom. The third-order valence-corrected chi connectivity index (χ3v) is 6.59. The summed E-state index contributed by atoms with van der Waals surface area (Å²) in [6.45, 7) is 5.06. The quantitative estimate of drug-likeness (QED) is 0.850. The monoisotopic (exact) mass is 320 g/mol. The molecule has 1 saturated heterocycles. The predicted octanol–water partition coefficient (Wildman–Crippen LogP) is 2.44. The van der Waals surface area contributed by atoms with Crippen LogP contribution in [0.2, 0.25) is 5.02 Å². The molecule has 19 heavy (non-hydrogen) atoms. The van der Waals surface area contributed by atoms with E-state index in [0.717, 1.165) is 5.75 Å². The zero-order valence-electron chi connectivity index (χ0n) is 10.9. The van der Waals surface area contributed by atoms with Gasteiger partial charge in [-0.3, -0.25) is 0 Å². The Labute approximate surface area is 123 Å². The van der Waals surface area contributed by atoms with E-state index in [1.54, 1.807) is 17.8 Å². The molecule has 4 nitrogen and oxygen atoms in total. The Hall–Kier alpha value is -0.430. The molecular formula is C12H17ClN2O2S2. The first kappa shape index (κ1) is 15.0. The van der Waals surface area contributed by atoms with Gasteiger partial charge in [0.1, 0.15) is 4.90 Å². The number of thioether (sulfide) groups is 1. The zero-order valence-corrected chi connectivity index (χ0v) is 13.3. The van der Waals surface area contributed by atoms with Crippen LogP contribution in [0.15, 0.2) is 23.1 Å².